The molecule has 1 amide bonds. The maximum absolute atomic E-state index is 12.6. The van der Waals surface area contributed by atoms with Crippen molar-refractivity contribution in [3.05, 3.63) is 22.4 Å². The van der Waals surface area contributed by atoms with Crippen LogP contribution in [0.2, 0.25) is 0 Å². The first-order chi connectivity index (χ1) is 14.8. The van der Waals surface area contributed by atoms with E-state index in [-0.39, 0.29) is 23.6 Å². The summed E-state index contributed by atoms with van der Waals surface area (Å²) in [5.74, 6) is 1.40. The molecule has 0 N–H and O–H groups in total. The van der Waals surface area contributed by atoms with Crippen molar-refractivity contribution in [2.45, 2.75) is 83.6 Å². The summed E-state index contributed by atoms with van der Waals surface area (Å²) < 4.78 is 11.2. The fraction of sp³-hybridized carbons (Fsp3) is 0.708. The molecule has 3 heterocycles. The second-order valence-electron chi connectivity index (χ2n) is 9.90. The molecule has 168 valence electrons. The molecule has 7 heteroatoms. The number of ether oxygens (including phenoxy) is 2. The molecule has 31 heavy (non-hydrogen) atoms. The average molecular weight is 427 g/mol. The number of hydrogen-bond acceptors (Lipinski definition) is 6. The van der Waals surface area contributed by atoms with E-state index in [9.17, 15) is 10.1 Å². The van der Waals surface area contributed by atoms with Gasteiger partial charge in [0.05, 0.1) is 36.5 Å². The van der Waals surface area contributed by atoms with E-state index in [1.54, 1.807) is 7.11 Å². The van der Waals surface area contributed by atoms with Crippen LogP contribution in [0, 0.1) is 11.3 Å². The third kappa shape index (κ3) is 4.28. The Labute approximate surface area is 185 Å². The smallest absolute Gasteiger partial charge is 0.225 e. The summed E-state index contributed by atoms with van der Waals surface area (Å²) in [4.78, 5) is 21.9. The molecule has 2 aliphatic heterocycles. The Balaban J connectivity index is 1.69. The Morgan fingerprint density at radius 2 is 2.00 bits per heavy atom. The van der Waals surface area contributed by atoms with Gasteiger partial charge in [-0.25, -0.2) is 4.98 Å². The summed E-state index contributed by atoms with van der Waals surface area (Å²) in [6, 6.07) is 2.62. The topological polar surface area (TPSA) is 78.7 Å². The molecule has 1 saturated carbocycles. The van der Waals surface area contributed by atoms with Gasteiger partial charge in [0.1, 0.15) is 11.9 Å². The molecule has 2 atom stereocenters. The Hall–Kier alpha value is -2.17. The second-order valence-corrected chi connectivity index (χ2v) is 9.90. The number of carbonyl (C=O) groups excluding carboxylic acids is 1. The maximum Gasteiger partial charge on any atom is 0.225 e. The molecule has 2 fully saturated rings. The highest BCUT2D eigenvalue weighted by atomic mass is 16.5. The minimum Gasteiger partial charge on any atom is -0.384 e. The van der Waals surface area contributed by atoms with Gasteiger partial charge in [-0.2, -0.15) is 5.26 Å². The number of rotatable bonds is 5. The minimum absolute atomic E-state index is 0.0501. The van der Waals surface area contributed by atoms with E-state index in [2.05, 4.69) is 38.7 Å². The van der Waals surface area contributed by atoms with E-state index in [0.717, 1.165) is 41.9 Å². The third-order valence-corrected chi connectivity index (χ3v) is 6.81. The molecule has 1 saturated heterocycles. The van der Waals surface area contributed by atoms with Crippen molar-refractivity contribution in [3.63, 3.8) is 0 Å². The van der Waals surface area contributed by atoms with Crippen molar-refractivity contribution < 1.29 is 14.3 Å². The largest absolute Gasteiger partial charge is 0.384 e. The molecule has 0 aromatic carbocycles. The number of aromatic nitrogens is 1. The lowest BCUT2D eigenvalue weighted by atomic mass is 9.87. The van der Waals surface area contributed by atoms with Crippen LogP contribution >= 0.6 is 0 Å². The summed E-state index contributed by atoms with van der Waals surface area (Å²) in [6.45, 7) is 10.6. The zero-order valence-electron chi connectivity index (χ0n) is 19.4. The van der Waals surface area contributed by atoms with Gasteiger partial charge in [0.25, 0.3) is 0 Å². The highest BCUT2D eigenvalue weighted by molar-refractivity contribution is 5.77. The fourth-order valence-electron chi connectivity index (χ4n) is 4.90. The lowest BCUT2D eigenvalue weighted by molar-refractivity contribution is -0.135. The predicted molar refractivity (Wildman–Crippen MR) is 118 cm³/mol. The van der Waals surface area contributed by atoms with Crippen molar-refractivity contribution >= 4 is 11.7 Å². The molecule has 0 unspecified atom stereocenters. The molecule has 1 aliphatic carbocycles. The summed E-state index contributed by atoms with van der Waals surface area (Å²) in [5.41, 5.74) is 3.77. The van der Waals surface area contributed by atoms with Crippen LogP contribution in [-0.2, 0) is 27.3 Å². The summed E-state index contributed by atoms with van der Waals surface area (Å²) in [6.07, 6.45) is 3.43. The Morgan fingerprint density at radius 1 is 1.26 bits per heavy atom. The van der Waals surface area contributed by atoms with Gasteiger partial charge in [0.2, 0.25) is 5.91 Å². The van der Waals surface area contributed by atoms with Gasteiger partial charge in [-0.15, -0.1) is 0 Å². The van der Waals surface area contributed by atoms with Crippen LogP contribution < -0.4 is 4.90 Å². The van der Waals surface area contributed by atoms with E-state index in [0.29, 0.717) is 44.2 Å². The van der Waals surface area contributed by atoms with Crippen LogP contribution in [0.3, 0.4) is 0 Å². The van der Waals surface area contributed by atoms with Crippen molar-refractivity contribution in [2.75, 3.05) is 31.7 Å². The van der Waals surface area contributed by atoms with Gasteiger partial charge >= 0.3 is 0 Å². The van der Waals surface area contributed by atoms with Crippen LogP contribution in [0.5, 0.6) is 0 Å². The molecular formula is C24H34N4O3. The molecule has 0 radical (unpaired) electrons. The van der Waals surface area contributed by atoms with Gasteiger partial charge in [-0.1, -0.05) is 0 Å². The summed E-state index contributed by atoms with van der Waals surface area (Å²) in [5, 5.41) is 10.2. The quantitative estimate of drug-likeness (QED) is 0.720. The number of fused-ring (bicyclic) bond motifs is 1. The second kappa shape index (κ2) is 8.40. The normalized spacial score (nSPS) is 25.2. The number of carbonyl (C=O) groups is 1. The van der Waals surface area contributed by atoms with Crippen LogP contribution in [0.1, 0.15) is 75.3 Å². The van der Waals surface area contributed by atoms with E-state index in [1.807, 2.05) is 4.90 Å². The van der Waals surface area contributed by atoms with Gasteiger partial charge in [0, 0.05) is 50.2 Å². The SMILES string of the molecule is COCCC(=O)N1C[C@H](C)N(c2nc(C3CC3)c3c(c2C#N)CC(C)(C)OC3)C[C@H]1C. The number of nitrogens with zero attached hydrogens (tertiary/aromatic N) is 4. The predicted octanol–water partition coefficient (Wildman–Crippen LogP) is 3.14. The van der Waals surface area contributed by atoms with E-state index in [1.165, 1.54) is 0 Å². The van der Waals surface area contributed by atoms with Crippen LogP contribution in [0.15, 0.2) is 0 Å². The highest BCUT2D eigenvalue weighted by Gasteiger charge is 2.39. The first kappa shape index (κ1) is 22.0. The van der Waals surface area contributed by atoms with Crippen LogP contribution in [0.25, 0.3) is 0 Å². The van der Waals surface area contributed by atoms with Crippen molar-refractivity contribution in [1.29, 1.82) is 5.26 Å². The maximum atomic E-state index is 12.6. The fourth-order valence-corrected chi connectivity index (χ4v) is 4.90. The first-order valence-corrected chi connectivity index (χ1v) is 11.4. The molecular weight excluding hydrogens is 392 g/mol. The zero-order valence-corrected chi connectivity index (χ0v) is 19.4. The molecule has 1 aromatic heterocycles. The van der Waals surface area contributed by atoms with Gasteiger partial charge in [0.15, 0.2) is 0 Å². The van der Waals surface area contributed by atoms with Crippen molar-refractivity contribution in [1.82, 2.24) is 9.88 Å². The molecule has 0 spiro atoms. The van der Waals surface area contributed by atoms with Crippen molar-refractivity contribution in [3.8, 4) is 6.07 Å². The van der Waals surface area contributed by atoms with Crippen LogP contribution in [0.4, 0.5) is 5.82 Å². The van der Waals surface area contributed by atoms with Crippen LogP contribution in [-0.4, -0.2) is 60.3 Å². The Bertz CT molecular complexity index is 903. The average Bonchev–Trinajstić information content (AvgIpc) is 3.56. The van der Waals surface area contributed by atoms with Gasteiger partial charge < -0.3 is 19.3 Å². The number of pyridine rings is 1. The Kier molecular flexibility index (Phi) is 5.97. The van der Waals surface area contributed by atoms with E-state index < -0.39 is 0 Å². The van der Waals surface area contributed by atoms with E-state index in [4.69, 9.17) is 14.5 Å². The monoisotopic (exact) mass is 426 g/mol. The molecule has 1 aromatic rings. The van der Waals surface area contributed by atoms with Crippen molar-refractivity contribution in [2.24, 2.45) is 0 Å². The molecule has 4 rings (SSSR count). The molecule has 0 bridgehead atoms. The van der Waals surface area contributed by atoms with Gasteiger partial charge in [-0.3, -0.25) is 4.79 Å². The number of anilines is 1. The first-order valence-electron chi connectivity index (χ1n) is 11.4. The summed E-state index contributed by atoms with van der Waals surface area (Å²) >= 11 is 0. The number of amides is 1. The molecule has 3 aliphatic rings. The standard InChI is InChI=1S/C24H34N4O3/c1-15-13-28(16(2)12-27(15)21(29)8-9-30-5)23-19(11-25)18-10-24(3,4)31-14-20(18)22(26-23)17-6-7-17/h15-17H,6-10,12-14H2,1-5H3/t15-,16+/m1/s1. The lowest BCUT2D eigenvalue weighted by Crippen LogP contribution is -2.58. The lowest BCUT2D eigenvalue weighted by Gasteiger charge is -2.45. The van der Waals surface area contributed by atoms with E-state index >= 15 is 0 Å². The summed E-state index contributed by atoms with van der Waals surface area (Å²) in [7, 11) is 1.62. The highest BCUT2D eigenvalue weighted by Crippen LogP contribution is 2.46. The minimum atomic E-state index is -0.288. The zero-order chi connectivity index (χ0) is 22.3. The third-order valence-electron chi connectivity index (χ3n) is 6.81. The number of nitriles is 1. The number of hydrogen-bond donors (Lipinski definition) is 0. The van der Waals surface area contributed by atoms with Gasteiger partial charge in [-0.05, 0) is 46.1 Å². The molecule has 7 nitrogen and oxygen atoms in total. The number of piperazine rings is 1. The Morgan fingerprint density at radius 3 is 2.65 bits per heavy atom. The number of methoxy groups -OCH3 is 1.